The molecule has 0 bridgehead atoms. The van der Waals surface area contributed by atoms with Gasteiger partial charge in [-0.15, -0.1) is 15.3 Å². The first-order valence-electron chi connectivity index (χ1n) is 7.34. The van der Waals surface area contributed by atoms with Crippen LogP contribution in [-0.2, 0) is 6.18 Å². The van der Waals surface area contributed by atoms with E-state index in [1.165, 1.54) is 12.1 Å². The molecule has 0 saturated heterocycles. The van der Waals surface area contributed by atoms with Crippen molar-refractivity contribution in [1.82, 2.24) is 19.8 Å². The fourth-order valence-electron chi connectivity index (χ4n) is 2.20. The summed E-state index contributed by atoms with van der Waals surface area (Å²) in [5.41, 5.74) is 1.93. The minimum atomic E-state index is -4.64. The van der Waals surface area contributed by atoms with E-state index in [1.807, 2.05) is 39.0 Å². The number of benzene rings is 1. The second kappa shape index (κ2) is 5.77. The lowest BCUT2D eigenvalue weighted by atomic mass is 10.0. The molecule has 0 aliphatic heterocycles. The van der Waals surface area contributed by atoms with Gasteiger partial charge in [0.15, 0.2) is 5.65 Å². The maximum absolute atomic E-state index is 12.9. The second-order valence-electron chi connectivity index (χ2n) is 5.74. The highest BCUT2D eigenvalue weighted by atomic mass is 19.4. The van der Waals surface area contributed by atoms with E-state index < -0.39 is 12.0 Å². The number of aryl methyl sites for hydroxylation is 1. The van der Waals surface area contributed by atoms with E-state index in [0.29, 0.717) is 16.2 Å². The van der Waals surface area contributed by atoms with Crippen molar-refractivity contribution in [2.75, 3.05) is 0 Å². The predicted molar refractivity (Wildman–Crippen MR) is 81.1 cm³/mol. The number of halogens is 3. The van der Waals surface area contributed by atoms with Crippen LogP contribution in [0.5, 0.6) is 11.6 Å². The van der Waals surface area contributed by atoms with Crippen LogP contribution in [0.25, 0.3) is 5.65 Å². The molecule has 0 aliphatic carbocycles. The third kappa shape index (κ3) is 3.04. The number of aromatic nitrogens is 4. The second-order valence-corrected chi connectivity index (χ2v) is 5.74. The van der Waals surface area contributed by atoms with Gasteiger partial charge in [-0.2, -0.15) is 17.7 Å². The van der Waals surface area contributed by atoms with Crippen molar-refractivity contribution in [3.63, 3.8) is 0 Å². The molecule has 3 aromatic rings. The number of hydrogen-bond donors (Lipinski definition) is 0. The Morgan fingerprint density at radius 2 is 1.83 bits per heavy atom. The summed E-state index contributed by atoms with van der Waals surface area (Å²) in [6.07, 6.45) is -4.64. The lowest BCUT2D eigenvalue weighted by Crippen LogP contribution is -2.12. The molecule has 2 aromatic heterocycles. The molecule has 0 aliphatic rings. The standard InChI is InChI=1S/C16H15F3N4O/c1-9(2)11-5-4-10(3)12(8-11)24-14-7-6-13-20-21-15(16(17,18)19)23(13)22-14/h4-9H,1-3H3. The smallest absolute Gasteiger partial charge is 0.437 e. The van der Waals surface area contributed by atoms with Gasteiger partial charge >= 0.3 is 6.18 Å². The summed E-state index contributed by atoms with van der Waals surface area (Å²) in [7, 11) is 0. The largest absolute Gasteiger partial charge is 0.453 e. The molecule has 8 heteroatoms. The van der Waals surface area contributed by atoms with Gasteiger partial charge in [-0.1, -0.05) is 26.0 Å². The monoisotopic (exact) mass is 336 g/mol. The Labute approximate surface area is 136 Å². The molecule has 1 aromatic carbocycles. The van der Waals surface area contributed by atoms with Gasteiger partial charge < -0.3 is 4.74 Å². The summed E-state index contributed by atoms with van der Waals surface area (Å²) < 4.78 is 45.1. The lowest BCUT2D eigenvalue weighted by molar-refractivity contribution is -0.146. The summed E-state index contributed by atoms with van der Waals surface area (Å²) in [6, 6.07) is 8.61. The van der Waals surface area contributed by atoms with E-state index in [9.17, 15) is 13.2 Å². The van der Waals surface area contributed by atoms with E-state index in [4.69, 9.17) is 4.74 Å². The van der Waals surface area contributed by atoms with Crippen LogP contribution in [0.2, 0.25) is 0 Å². The molecule has 0 amide bonds. The third-order valence-corrected chi connectivity index (χ3v) is 3.59. The van der Waals surface area contributed by atoms with Crippen LogP contribution in [0.15, 0.2) is 30.3 Å². The van der Waals surface area contributed by atoms with E-state index in [1.54, 1.807) is 0 Å². The highest BCUT2D eigenvalue weighted by Gasteiger charge is 2.37. The van der Waals surface area contributed by atoms with Crippen LogP contribution in [-0.4, -0.2) is 19.8 Å². The average molecular weight is 336 g/mol. The van der Waals surface area contributed by atoms with Crippen LogP contribution in [0.1, 0.15) is 36.7 Å². The molecule has 0 N–H and O–H groups in total. The highest BCUT2D eigenvalue weighted by Crippen LogP contribution is 2.30. The maximum Gasteiger partial charge on any atom is 0.453 e. The molecule has 126 valence electrons. The Morgan fingerprint density at radius 3 is 2.50 bits per heavy atom. The first kappa shape index (κ1) is 16.2. The van der Waals surface area contributed by atoms with Gasteiger partial charge in [0, 0.05) is 6.07 Å². The average Bonchev–Trinajstić information content (AvgIpc) is 2.92. The predicted octanol–water partition coefficient (Wildman–Crippen LogP) is 4.37. The molecular weight excluding hydrogens is 321 g/mol. The molecule has 0 radical (unpaired) electrons. The first-order valence-corrected chi connectivity index (χ1v) is 7.34. The van der Waals surface area contributed by atoms with Crippen LogP contribution in [0, 0.1) is 6.92 Å². The number of rotatable bonds is 3. The minimum absolute atomic E-state index is 0.00216. The Morgan fingerprint density at radius 1 is 1.08 bits per heavy atom. The van der Waals surface area contributed by atoms with Crippen molar-refractivity contribution >= 4 is 5.65 Å². The highest BCUT2D eigenvalue weighted by molar-refractivity contribution is 5.42. The van der Waals surface area contributed by atoms with Crippen molar-refractivity contribution < 1.29 is 17.9 Å². The van der Waals surface area contributed by atoms with Crippen LogP contribution >= 0.6 is 0 Å². The number of alkyl halides is 3. The Hall–Kier alpha value is -2.64. The molecule has 24 heavy (non-hydrogen) atoms. The summed E-state index contributed by atoms with van der Waals surface area (Å²) in [4.78, 5) is 0. The van der Waals surface area contributed by atoms with Gasteiger partial charge in [-0.05, 0) is 36.1 Å². The summed E-state index contributed by atoms with van der Waals surface area (Å²) in [6.45, 7) is 5.95. The molecule has 5 nitrogen and oxygen atoms in total. The fourth-order valence-corrected chi connectivity index (χ4v) is 2.20. The van der Waals surface area contributed by atoms with Crippen molar-refractivity contribution in [1.29, 1.82) is 0 Å². The zero-order valence-electron chi connectivity index (χ0n) is 13.3. The summed E-state index contributed by atoms with van der Waals surface area (Å²) in [5, 5.41) is 10.5. The van der Waals surface area contributed by atoms with E-state index >= 15 is 0 Å². The Balaban J connectivity index is 2.00. The van der Waals surface area contributed by atoms with Crippen LogP contribution < -0.4 is 4.74 Å². The molecule has 3 rings (SSSR count). The van der Waals surface area contributed by atoms with Crippen LogP contribution in [0.4, 0.5) is 13.2 Å². The van der Waals surface area contributed by atoms with E-state index in [-0.39, 0.29) is 11.5 Å². The van der Waals surface area contributed by atoms with Gasteiger partial charge in [0.2, 0.25) is 5.88 Å². The molecule has 0 atom stereocenters. The first-order chi connectivity index (χ1) is 11.3. The summed E-state index contributed by atoms with van der Waals surface area (Å²) in [5.74, 6) is -0.292. The van der Waals surface area contributed by atoms with Crippen molar-refractivity contribution in [2.45, 2.75) is 32.9 Å². The summed E-state index contributed by atoms with van der Waals surface area (Å²) >= 11 is 0. The number of hydrogen-bond acceptors (Lipinski definition) is 4. The fraction of sp³-hybridized carbons (Fsp3) is 0.312. The molecular formula is C16H15F3N4O. The van der Waals surface area contributed by atoms with Gasteiger partial charge in [0.05, 0.1) is 0 Å². The van der Waals surface area contributed by atoms with Crippen molar-refractivity contribution in [3.8, 4) is 11.6 Å². The van der Waals surface area contributed by atoms with Crippen molar-refractivity contribution in [2.24, 2.45) is 0 Å². The molecule has 0 spiro atoms. The normalized spacial score (nSPS) is 12.1. The zero-order chi connectivity index (χ0) is 17.5. The molecule has 0 fully saturated rings. The van der Waals surface area contributed by atoms with Crippen molar-refractivity contribution in [3.05, 3.63) is 47.3 Å². The topological polar surface area (TPSA) is 52.3 Å². The van der Waals surface area contributed by atoms with Gasteiger partial charge in [-0.25, -0.2) is 0 Å². The quantitative estimate of drug-likeness (QED) is 0.713. The number of fused-ring (bicyclic) bond motifs is 1. The minimum Gasteiger partial charge on any atom is -0.437 e. The SMILES string of the molecule is Cc1ccc(C(C)C)cc1Oc1ccc2nnc(C(F)(F)F)n2n1. The molecule has 0 unspecified atom stereocenters. The van der Waals surface area contributed by atoms with Crippen LogP contribution in [0.3, 0.4) is 0 Å². The Kier molecular flexibility index (Phi) is 3.90. The molecule has 2 heterocycles. The zero-order valence-corrected chi connectivity index (χ0v) is 13.3. The van der Waals surface area contributed by atoms with E-state index in [0.717, 1.165) is 11.1 Å². The lowest BCUT2D eigenvalue weighted by Gasteiger charge is -2.12. The van der Waals surface area contributed by atoms with Gasteiger partial charge in [0.25, 0.3) is 5.82 Å². The Bertz CT molecular complexity index is 887. The van der Waals surface area contributed by atoms with Gasteiger partial charge in [0.1, 0.15) is 5.75 Å². The maximum atomic E-state index is 12.9. The van der Waals surface area contributed by atoms with E-state index in [2.05, 4.69) is 15.3 Å². The molecule has 0 saturated carbocycles. The van der Waals surface area contributed by atoms with Gasteiger partial charge in [-0.3, -0.25) is 0 Å². The number of ether oxygens (including phenoxy) is 1. The number of nitrogens with zero attached hydrogens (tertiary/aromatic N) is 4. The third-order valence-electron chi connectivity index (χ3n) is 3.59.